The zero-order valence-corrected chi connectivity index (χ0v) is 12.7. The lowest BCUT2D eigenvalue weighted by atomic mass is 10.0. The van der Waals surface area contributed by atoms with E-state index in [1.54, 1.807) is 0 Å². The Labute approximate surface area is 120 Å². The quantitative estimate of drug-likeness (QED) is 0.783. The molecule has 2 rings (SSSR count). The Hall–Kier alpha value is -1.23. The molecule has 5 heteroatoms. The van der Waals surface area contributed by atoms with Gasteiger partial charge in [-0.05, 0) is 44.1 Å². The number of anilines is 1. The van der Waals surface area contributed by atoms with Crippen molar-refractivity contribution in [1.82, 2.24) is 10.2 Å². The van der Waals surface area contributed by atoms with Gasteiger partial charge in [-0.2, -0.15) is 5.10 Å². The average molecular weight is 278 g/mol. The average Bonchev–Trinajstić information content (AvgIpc) is 3.21. The number of hydrogen-bond acceptors (Lipinski definition) is 4. The molecule has 1 unspecified atom stereocenters. The predicted molar refractivity (Wildman–Crippen MR) is 82.5 cm³/mol. The third-order valence-corrected chi connectivity index (χ3v) is 3.99. The van der Waals surface area contributed by atoms with Gasteiger partial charge >= 0.3 is 0 Å². The van der Waals surface area contributed by atoms with Gasteiger partial charge in [0.05, 0.1) is 11.3 Å². The minimum Gasteiger partial charge on any atom is -0.389 e. The molecule has 4 nitrogen and oxygen atoms in total. The normalized spacial score (nSPS) is 16.2. The molecule has 0 amide bonds. The molecule has 1 aliphatic carbocycles. The summed E-state index contributed by atoms with van der Waals surface area (Å²) in [7, 11) is 0. The topological polar surface area (TPSA) is 63.8 Å². The van der Waals surface area contributed by atoms with Crippen LogP contribution in [0.15, 0.2) is 0 Å². The van der Waals surface area contributed by atoms with Crippen molar-refractivity contribution in [2.24, 2.45) is 11.7 Å². The molecule has 0 aliphatic heterocycles. The van der Waals surface area contributed by atoms with Gasteiger partial charge in [0.25, 0.3) is 0 Å². The van der Waals surface area contributed by atoms with Crippen LogP contribution in [-0.2, 0) is 12.8 Å². The largest absolute Gasteiger partial charge is 0.389 e. The summed E-state index contributed by atoms with van der Waals surface area (Å²) >= 11 is 5.22. The Balaban J connectivity index is 2.38. The molecule has 3 N–H and O–H groups in total. The van der Waals surface area contributed by atoms with E-state index in [-0.39, 0.29) is 0 Å². The van der Waals surface area contributed by atoms with Crippen molar-refractivity contribution in [3.05, 3.63) is 16.8 Å². The van der Waals surface area contributed by atoms with E-state index in [2.05, 4.69) is 36.3 Å². The molecule has 0 radical (unpaired) electrons. The summed E-state index contributed by atoms with van der Waals surface area (Å²) in [5.41, 5.74) is 8.92. The van der Waals surface area contributed by atoms with E-state index >= 15 is 0 Å². The number of aryl methyl sites for hydroxylation is 1. The van der Waals surface area contributed by atoms with E-state index in [1.807, 2.05) is 0 Å². The van der Waals surface area contributed by atoms with E-state index in [1.165, 1.54) is 12.8 Å². The van der Waals surface area contributed by atoms with Crippen LogP contribution < -0.4 is 11.1 Å². The monoisotopic (exact) mass is 278 g/mol. The fourth-order valence-electron chi connectivity index (χ4n) is 2.47. The zero-order valence-electron chi connectivity index (χ0n) is 11.9. The number of nitrogens with one attached hydrogen (secondary N) is 1. The first kappa shape index (κ1) is 14.2. The third-order valence-electron chi connectivity index (χ3n) is 3.79. The van der Waals surface area contributed by atoms with Crippen LogP contribution >= 0.6 is 12.2 Å². The Morgan fingerprint density at radius 1 is 1.37 bits per heavy atom. The van der Waals surface area contributed by atoms with Gasteiger partial charge in [0.15, 0.2) is 5.82 Å². The first-order chi connectivity index (χ1) is 9.08. The van der Waals surface area contributed by atoms with Crippen LogP contribution in [0.4, 0.5) is 5.82 Å². The van der Waals surface area contributed by atoms with Crippen molar-refractivity contribution < 1.29 is 0 Å². The Kier molecular flexibility index (Phi) is 4.34. The lowest BCUT2D eigenvalue weighted by Crippen LogP contribution is -2.24. The van der Waals surface area contributed by atoms with Crippen molar-refractivity contribution >= 4 is 23.0 Å². The van der Waals surface area contributed by atoms with E-state index in [0.29, 0.717) is 11.0 Å². The Bertz CT molecular complexity index is 483. The number of nitrogens with two attached hydrogens (primary N) is 1. The second-order valence-electron chi connectivity index (χ2n) is 5.19. The first-order valence-electron chi connectivity index (χ1n) is 7.03. The number of thiocarbonyl (C=S) groups is 1. The number of aromatic nitrogens is 2. The van der Waals surface area contributed by atoms with Crippen LogP contribution in [0.2, 0.25) is 0 Å². The molecule has 1 aliphatic rings. The fourth-order valence-corrected chi connectivity index (χ4v) is 2.69. The molecule has 1 atom stereocenters. The molecular formula is C14H22N4S. The van der Waals surface area contributed by atoms with Crippen molar-refractivity contribution in [3.8, 4) is 0 Å². The van der Waals surface area contributed by atoms with E-state index < -0.39 is 0 Å². The second-order valence-corrected chi connectivity index (χ2v) is 5.63. The van der Waals surface area contributed by atoms with Gasteiger partial charge in [-0.1, -0.05) is 26.1 Å². The zero-order chi connectivity index (χ0) is 14.0. The molecule has 0 bridgehead atoms. The molecule has 104 valence electrons. The Morgan fingerprint density at radius 2 is 2.05 bits per heavy atom. The summed E-state index contributed by atoms with van der Waals surface area (Å²) in [5.74, 6) is 1.50. The molecule has 1 fully saturated rings. The van der Waals surface area contributed by atoms with Gasteiger partial charge < -0.3 is 11.1 Å². The molecule has 0 spiro atoms. The molecule has 1 aromatic heterocycles. The van der Waals surface area contributed by atoms with Crippen LogP contribution in [0, 0.1) is 5.92 Å². The lowest BCUT2D eigenvalue weighted by Gasteiger charge is -2.19. The highest BCUT2D eigenvalue weighted by Gasteiger charge is 2.29. The van der Waals surface area contributed by atoms with E-state index in [9.17, 15) is 0 Å². The first-order valence-corrected chi connectivity index (χ1v) is 7.44. The smallest absolute Gasteiger partial charge is 0.159 e. The van der Waals surface area contributed by atoms with Gasteiger partial charge in [0.1, 0.15) is 4.99 Å². The van der Waals surface area contributed by atoms with E-state index in [0.717, 1.165) is 41.4 Å². The molecular weight excluding hydrogens is 256 g/mol. The van der Waals surface area contributed by atoms with Gasteiger partial charge in [0, 0.05) is 6.04 Å². The van der Waals surface area contributed by atoms with Crippen LogP contribution in [0.1, 0.15) is 50.4 Å². The maximum atomic E-state index is 5.91. The molecule has 0 saturated heterocycles. The van der Waals surface area contributed by atoms with E-state index in [4.69, 9.17) is 18.0 Å². The summed E-state index contributed by atoms with van der Waals surface area (Å²) in [4.78, 5) is 0.409. The second kappa shape index (κ2) is 5.82. The molecule has 1 aromatic rings. The summed E-state index contributed by atoms with van der Waals surface area (Å²) in [6.45, 7) is 6.36. The van der Waals surface area contributed by atoms with Gasteiger partial charge in [-0.3, -0.25) is 0 Å². The standard InChI is InChI=1S/C14H22N4S/c1-4-10-11(5-2)17-18-14(12(10)13(15)19)16-8(3)9-6-7-9/h8-9H,4-7H2,1-3H3,(H2,15,19)(H,16,18). The van der Waals surface area contributed by atoms with Gasteiger partial charge in [-0.15, -0.1) is 5.10 Å². The predicted octanol–water partition coefficient (Wildman–Crippen LogP) is 2.45. The maximum Gasteiger partial charge on any atom is 0.159 e. The van der Waals surface area contributed by atoms with Gasteiger partial charge in [0.2, 0.25) is 0 Å². The maximum absolute atomic E-state index is 5.91. The van der Waals surface area contributed by atoms with Crippen LogP contribution in [0.25, 0.3) is 0 Å². The van der Waals surface area contributed by atoms with Crippen LogP contribution in [0.3, 0.4) is 0 Å². The molecule has 1 saturated carbocycles. The van der Waals surface area contributed by atoms with Crippen LogP contribution in [-0.4, -0.2) is 21.2 Å². The van der Waals surface area contributed by atoms with Crippen molar-refractivity contribution in [1.29, 1.82) is 0 Å². The SMILES string of the molecule is CCc1nnc(NC(C)C2CC2)c(C(N)=S)c1CC. The fraction of sp³-hybridized carbons (Fsp3) is 0.643. The van der Waals surface area contributed by atoms with Crippen molar-refractivity contribution in [3.63, 3.8) is 0 Å². The highest BCUT2D eigenvalue weighted by atomic mass is 32.1. The Morgan fingerprint density at radius 3 is 2.53 bits per heavy atom. The van der Waals surface area contributed by atoms with Crippen LogP contribution in [0.5, 0.6) is 0 Å². The molecule has 0 aromatic carbocycles. The number of rotatable bonds is 6. The third kappa shape index (κ3) is 3.03. The lowest BCUT2D eigenvalue weighted by molar-refractivity contribution is 0.686. The number of hydrogen-bond donors (Lipinski definition) is 2. The minimum absolute atomic E-state index is 0.402. The highest BCUT2D eigenvalue weighted by molar-refractivity contribution is 7.80. The van der Waals surface area contributed by atoms with Gasteiger partial charge in [-0.25, -0.2) is 0 Å². The number of nitrogens with zero attached hydrogens (tertiary/aromatic N) is 2. The highest BCUT2D eigenvalue weighted by Crippen LogP contribution is 2.34. The summed E-state index contributed by atoms with van der Waals surface area (Å²) < 4.78 is 0. The summed E-state index contributed by atoms with van der Waals surface area (Å²) in [6.07, 6.45) is 4.30. The molecule has 19 heavy (non-hydrogen) atoms. The van der Waals surface area contributed by atoms with Crippen molar-refractivity contribution in [2.75, 3.05) is 5.32 Å². The molecule has 1 heterocycles. The van der Waals surface area contributed by atoms with Crippen molar-refractivity contribution in [2.45, 2.75) is 52.5 Å². The summed E-state index contributed by atoms with van der Waals surface area (Å²) in [5, 5.41) is 12.1. The minimum atomic E-state index is 0.402. The summed E-state index contributed by atoms with van der Waals surface area (Å²) in [6, 6.07) is 0.402.